The first-order chi connectivity index (χ1) is 10.8. The van der Waals surface area contributed by atoms with Crippen molar-refractivity contribution in [3.63, 3.8) is 0 Å². The van der Waals surface area contributed by atoms with E-state index in [4.69, 9.17) is 9.47 Å². The largest absolute Gasteiger partial charge is 0.494 e. The van der Waals surface area contributed by atoms with Gasteiger partial charge in [0, 0.05) is 12.5 Å². The van der Waals surface area contributed by atoms with Crippen LogP contribution in [0.25, 0.3) is 0 Å². The van der Waals surface area contributed by atoms with Gasteiger partial charge in [0.25, 0.3) is 0 Å². The van der Waals surface area contributed by atoms with Crippen LogP contribution in [0, 0.1) is 0 Å². The first-order valence-electron chi connectivity index (χ1n) is 8.13. The second-order valence-corrected chi connectivity index (χ2v) is 5.45. The second-order valence-electron chi connectivity index (χ2n) is 5.45. The minimum Gasteiger partial charge on any atom is -0.494 e. The molecule has 0 aromatic heterocycles. The molecule has 1 aromatic rings. The molecule has 6 heteroatoms. The lowest BCUT2D eigenvalue weighted by molar-refractivity contribution is -0.122. The summed E-state index contributed by atoms with van der Waals surface area (Å²) in [5.74, 6) is 1.78. The van der Waals surface area contributed by atoms with Crippen molar-refractivity contribution < 1.29 is 14.3 Å². The predicted octanol–water partition coefficient (Wildman–Crippen LogP) is 2.53. The number of hydrogen-bond donors (Lipinski definition) is 2. The number of halogens is 1. The normalized spacial score (nSPS) is 14.7. The summed E-state index contributed by atoms with van der Waals surface area (Å²) in [4.78, 5) is 11.8. The maximum atomic E-state index is 11.8. The zero-order valence-electron chi connectivity index (χ0n) is 13.7. The van der Waals surface area contributed by atoms with Gasteiger partial charge in [-0.05, 0) is 63.5 Å². The fourth-order valence-corrected chi connectivity index (χ4v) is 2.49. The van der Waals surface area contributed by atoms with Gasteiger partial charge in [-0.3, -0.25) is 4.79 Å². The molecule has 1 aromatic carbocycles. The van der Waals surface area contributed by atoms with E-state index in [9.17, 15) is 4.79 Å². The number of hydrogen-bond acceptors (Lipinski definition) is 4. The Morgan fingerprint density at radius 2 is 1.78 bits per heavy atom. The van der Waals surface area contributed by atoms with Crippen molar-refractivity contribution in [2.75, 3.05) is 26.3 Å². The molecule has 1 heterocycles. The summed E-state index contributed by atoms with van der Waals surface area (Å²) in [6.07, 6.45) is 3.29. The predicted molar refractivity (Wildman–Crippen MR) is 93.6 cm³/mol. The van der Waals surface area contributed by atoms with Gasteiger partial charge < -0.3 is 20.1 Å². The Hall–Kier alpha value is -1.46. The minimum absolute atomic E-state index is 0. The Bertz CT molecular complexity index is 448. The van der Waals surface area contributed by atoms with Gasteiger partial charge >= 0.3 is 0 Å². The van der Waals surface area contributed by atoms with Gasteiger partial charge in [0.15, 0.2) is 0 Å². The quantitative estimate of drug-likeness (QED) is 0.713. The van der Waals surface area contributed by atoms with Crippen LogP contribution in [-0.4, -0.2) is 38.3 Å². The van der Waals surface area contributed by atoms with Crippen LogP contribution in [0.2, 0.25) is 0 Å². The SMILES string of the molecule is CCOc1ccc(OCCCC(=O)NC2CCNCC2)cc1.Cl. The number of benzene rings is 1. The van der Waals surface area contributed by atoms with Gasteiger partial charge in [-0.25, -0.2) is 0 Å². The van der Waals surface area contributed by atoms with Crippen LogP contribution < -0.4 is 20.1 Å². The summed E-state index contributed by atoms with van der Waals surface area (Å²) in [7, 11) is 0. The van der Waals surface area contributed by atoms with E-state index in [0.717, 1.165) is 43.9 Å². The highest BCUT2D eigenvalue weighted by Crippen LogP contribution is 2.17. The number of rotatable bonds is 8. The lowest BCUT2D eigenvalue weighted by atomic mass is 10.1. The average molecular weight is 343 g/mol. The first-order valence-corrected chi connectivity index (χ1v) is 8.13. The number of piperidine rings is 1. The third kappa shape index (κ3) is 7.57. The van der Waals surface area contributed by atoms with Crippen LogP contribution in [0.1, 0.15) is 32.6 Å². The molecule has 2 rings (SSSR count). The van der Waals surface area contributed by atoms with E-state index in [1.807, 2.05) is 31.2 Å². The minimum atomic E-state index is 0. The number of carbonyl (C=O) groups excluding carboxylic acids is 1. The molecule has 1 saturated heterocycles. The fourth-order valence-electron chi connectivity index (χ4n) is 2.49. The summed E-state index contributed by atoms with van der Waals surface area (Å²) >= 11 is 0. The van der Waals surface area contributed by atoms with Crippen LogP contribution in [0.15, 0.2) is 24.3 Å². The Balaban J connectivity index is 0.00000264. The summed E-state index contributed by atoms with van der Waals surface area (Å²) in [6.45, 7) is 5.15. The summed E-state index contributed by atoms with van der Waals surface area (Å²) in [5.41, 5.74) is 0. The van der Waals surface area contributed by atoms with Gasteiger partial charge in [-0.1, -0.05) is 0 Å². The van der Waals surface area contributed by atoms with Crippen LogP contribution in [-0.2, 0) is 4.79 Å². The van der Waals surface area contributed by atoms with E-state index in [1.165, 1.54) is 0 Å². The first kappa shape index (κ1) is 19.6. The Labute approximate surface area is 144 Å². The highest BCUT2D eigenvalue weighted by Gasteiger charge is 2.14. The molecule has 1 fully saturated rings. The standard InChI is InChI=1S/C17H26N2O3.ClH/c1-2-21-15-5-7-16(8-6-15)22-13-3-4-17(20)19-14-9-11-18-12-10-14;/h5-8,14,18H,2-4,9-13H2,1H3,(H,19,20);1H. The summed E-state index contributed by atoms with van der Waals surface area (Å²) in [6, 6.07) is 7.90. The zero-order valence-corrected chi connectivity index (χ0v) is 14.5. The molecule has 0 aliphatic carbocycles. The van der Waals surface area contributed by atoms with Gasteiger partial charge in [-0.2, -0.15) is 0 Å². The smallest absolute Gasteiger partial charge is 0.220 e. The van der Waals surface area contributed by atoms with Crippen molar-refractivity contribution in [2.24, 2.45) is 0 Å². The fraction of sp³-hybridized carbons (Fsp3) is 0.588. The van der Waals surface area contributed by atoms with Gasteiger partial charge in [-0.15, -0.1) is 12.4 Å². The van der Waals surface area contributed by atoms with E-state index in [0.29, 0.717) is 25.7 Å². The maximum absolute atomic E-state index is 11.8. The van der Waals surface area contributed by atoms with E-state index in [1.54, 1.807) is 0 Å². The van der Waals surface area contributed by atoms with E-state index in [-0.39, 0.29) is 18.3 Å². The highest BCUT2D eigenvalue weighted by molar-refractivity contribution is 5.85. The van der Waals surface area contributed by atoms with Crippen molar-refractivity contribution in [2.45, 2.75) is 38.6 Å². The molecule has 1 aliphatic rings. The monoisotopic (exact) mass is 342 g/mol. The van der Waals surface area contributed by atoms with Gasteiger partial charge in [0.05, 0.1) is 13.2 Å². The molecule has 0 saturated carbocycles. The van der Waals surface area contributed by atoms with Crippen LogP contribution >= 0.6 is 12.4 Å². The highest BCUT2D eigenvalue weighted by atomic mass is 35.5. The van der Waals surface area contributed by atoms with Crippen LogP contribution in [0.5, 0.6) is 11.5 Å². The number of ether oxygens (including phenoxy) is 2. The average Bonchev–Trinajstić information content (AvgIpc) is 2.54. The van der Waals surface area contributed by atoms with Gasteiger partial charge in [0.2, 0.25) is 5.91 Å². The van der Waals surface area contributed by atoms with Crippen molar-refractivity contribution >= 4 is 18.3 Å². The van der Waals surface area contributed by atoms with E-state index in [2.05, 4.69) is 10.6 Å². The summed E-state index contributed by atoms with van der Waals surface area (Å²) < 4.78 is 11.0. The molecular weight excluding hydrogens is 316 g/mol. The Morgan fingerprint density at radius 3 is 2.39 bits per heavy atom. The van der Waals surface area contributed by atoms with Crippen molar-refractivity contribution in [3.8, 4) is 11.5 Å². The molecule has 0 spiro atoms. The molecule has 0 atom stereocenters. The van der Waals surface area contributed by atoms with Crippen LogP contribution in [0.3, 0.4) is 0 Å². The van der Waals surface area contributed by atoms with Gasteiger partial charge in [0.1, 0.15) is 11.5 Å². The molecule has 0 unspecified atom stereocenters. The molecule has 0 bridgehead atoms. The number of carbonyl (C=O) groups is 1. The molecule has 2 N–H and O–H groups in total. The molecule has 23 heavy (non-hydrogen) atoms. The molecule has 1 aliphatic heterocycles. The number of amides is 1. The lowest BCUT2D eigenvalue weighted by Crippen LogP contribution is -2.42. The third-order valence-electron chi connectivity index (χ3n) is 3.66. The summed E-state index contributed by atoms with van der Waals surface area (Å²) in [5, 5.41) is 6.38. The van der Waals surface area contributed by atoms with E-state index >= 15 is 0 Å². The molecular formula is C17H27ClN2O3. The van der Waals surface area contributed by atoms with E-state index < -0.39 is 0 Å². The van der Waals surface area contributed by atoms with Crippen molar-refractivity contribution in [1.29, 1.82) is 0 Å². The van der Waals surface area contributed by atoms with Crippen LogP contribution in [0.4, 0.5) is 0 Å². The lowest BCUT2D eigenvalue weighted by Gasteiger charge is -2.23. The Morgan fingerprint density at radius 1 is 1.17 bits per heavy atom. The molecule has 5 nitrogen and oxygen atoms in total. The second kappa shape index (κ2) is 11.1. The Kier molecular flexibility index (Phi) is 9.48. The molecule has 0 radical (unpaired) electrons. The maximum Gasteiger partial charge on any atom is 0.220 e. The topological polar surface area (TPSA) is 59.6 Å². The third-order valence-corrected chi connectivity index (χ3v) is 3.66. The molecule has 1 amide bonds. The van der Waals surface area contributed by atoms with Crippen molar-refractivity contribution in [3.05, 3.63) is 24.3 Å². The molecule has 130 valence electrons. The zero-order chi connectivity index (χ0) is 15.6. The van der Waals surface area contributed by atoms with Crippen molar-refractivity contribution in [1.82, 2.24) is 10.6 Å². The number of nitrogens with one attached hydrogen (secondary N) is 2.